The van der Waals surface area contributed by atoms with Crippen molar-refractivity contribution in [3.8, 4) is 0 Å². The molecule has 0 aliphatic rings. The number of hydrogen-bond acceptors (Lipinski definition) is 4. The van der Waals surface area contributed by atoms with Crippen LogP contribution in [0.5, 0.6) is 0 Å². The van der Waals surface area contributed by atoms with Gasteiger partial charge in [0.05, 0.1) is 0 Å². The molecule has 0 bridgehead atoms. The van der Waals surface area contributed by atoms with Gasteiger partial charge in [0.2, 0.25) is 0 Å². The molecule has 0 fully saturated rings. The van der Waals surface area contributed by atoms with Gasteiger partial charge in [-0.3, -0.25) is 0 Å². The third-order valence-electron chi connectivity index (χ3n) is 0.330. The van der Waals surface area contributed by atoms with Crippen molar-refractivity contribution in [3.63, 3.8) is 0 Å². The second-order valence-electron chi connectivity index (χ2n) is 0.876. The van der Waals surface area contributed by atoms with Gasteiger partial charge in [-0.25, -0.2) is 0 Å². The average molecular weight is 184 g/mol. The van der Waals surface area contributed by atoms with Gasteiger partial charge in [0.1, 0.15) is 0 Å². The van der Waals surface area contributed by atoms with Crippen LogP contribution < -0.4 is 0 Å². The van der Waals surface area contributed by atoms with E-state index in [1.807, 2.05) is 16.9 Å². The van der Waals surface area contributed by atoms with Crippen molar-refractivity contribution in [1.82, 2.24) is 0 Å². The summed E-state index contributed by atoms with van der Waals surface area (Å²) in [6, 6.07) is 0. The van der Waals surface area contributed by atoms with Gasteiger partial charge in [0.15, 0.2) is 0 Å². The Hall–Kier alpha value is 1.14. The van der Waals surface area contributed by atoms with E-state index in [9.17, 15) is 0 Å². The van der Waals surface area contributed by atoms with E-state index in [1.165, 1.54) is 0 Å². The Morgan fingerprint density at radius 3 is 2.75 bits per heavy atom. The molecule has 0 unspecified atom stereocenters. The van der Waals surface area contributed by atoms with Crippen LogP contribution in [-0.4, -0.2) is 12.0 Å². The zero-order valence-corrected chi connectivity index (χ0v) is 7.89. The first-order chi connectivity index (χ1) is 3.91. The van der Waals surface area contributed by atoms with Crippen LogP contribution in [0.4, 0.5) is 0 Å². The lowest BCUT2D eigenvalue weighted by atomic mass is 10.8. The first-order valence-electron chi connectivity index (χ1n) is 2.01. The van der Waals surface area contributed by atoms with Gasteiger partial charge in [0.25, 0.3) is 0 Å². The van der Waals surface area contributed by atoms with Crippen LogP contribution in [-0.2, 0) is 0 Å². The fourth-order valence-electron chi connectivity index (χ4n) is 0.123. The standard InChI is InChI=1S/C4H8S4/c1-3-4-6-8-7-5-2/h3H,1,4H2,2H3. The molecule has 48 valence electrons. The Bertz CT molecular complexity index is 54.0. The van der Waals surface area contributed by atoms with Crippen molar-refractivity contribution in [3.05, 3.63) is 12.7 Å². The monoisotopic (exact) mass is 184 g/mol. The maximum Gasteiger partial charge on any atom is 0.0223 e. The molecule has 0 aliphatic carbocycles. The average Bonchev–Trinajstić information content (AvgIpc) is 1.81. The van der Waals surface area contributed by atoms with Crippen molar-refractivity contribution >= 4 is 41.2 Å². The van der Waals surface area contributed by atoms with Gasteiger partial charge in [-0.15, -0.1) is 6.58 Å². The maximum atomic E-state index is 3.61. The predicted octanol–water partition coefficient (Wildman–Crippen LogP) is 3.48. The van der Waals surface area contributed by atoms with Gasteiger partial charge in [-0.05, 0) is 25.9 Å². The molecule has 0 aromatic rings. The molecule has 0 spiro atoms. The summed E-state index contributed by atoms with van der Waals surface area (Å²) in [5.74, 6) is 1.04. The highest BCUT2D eigenvalue weighted by Crippen LogP contribution is 2.41. The van der Waals surface area contributed by atoms with Crippen molar-refractivity contribution in [1.29, 1.82) is 0 Å². The molecule has 0 atom stereocenters. The summed E-state index contributed by atoms with van der Waals surface area (Å²) in [4.78, 5) is 0. The molecule has 0 aliphatic heterocycles. The van der Waals surface area contributed by atoms with Crippen molar-refractivity contribution in [2.75, 3.05) is 12.0 Å². The van der Waals surface area contributed by atoms with E-state index in [0.717, 1.165) is 5.75 Å². The summed E-state index contributed by atoms with van der Waals surface area (Å²) < 4.78 is 0. The van der Waals surface area contributed by atoms with Crippen LogP contribution in [0.1, 0.15) is 0 Å². The van der Waals surface area contributed by atoms with Gasteiger partial charge in [-0.1, -0.05) is 27.7 Å². The molecular formula is C4H8S4. The lowest BCUT2D eigenvalue weighted by Gasteiger charge is -1.89. The Labute approximate surface area is 65.8 Å². The molecule has 0 radical (unpaired) electrons. The van der Waals surface area contributed by atoms with Crippen molar-refractivity contribution < 1.29 is 0 Å². The molecule has 0 nitrogen and oxygen atoms in total. The van der Waals surface area contributed by atoms with Gasteiger partial charge in [0, 0.05) is 5.75 Å². The van der Waals surface area contributed by atoms with E-state index in [1.54, 1.807) is 30.4 Å². The quantitative estimate of drug-likeness (QED) is 0.364. The molecule has 0 rings (SSSR count). The fraction of sp³-hybridized carbons (Fsp3) is 0.500. The lowest BCUT2D eigenvalue weighted by Crippen LogP contribution is -1.55. The van der Waals surface area contributed by atoms with Crippen LogP contribution in [0, 0.1) is 0 Å². The van der Waals surface area contributed by atoms with E-state index in [4.69, 9.17) is 0 Å². The van der Waals surface area contributed by atoms with Crippen LogP contribution in [0.3, 0.4) is 0 Å². The van der Waals surface area contributed by atoms with Crippen LogP contribution >= 0.6 is 41.2 Å². The Morgan fingerprint density at radius 2 is 2.25 bits per heavy atom. The van der Waals surface area contributed by atoms with Gasteiger partial charge >= 0.3 is 0 Å². The molecule has 0 aromatic carbocycles. The molecule has 4 heteroatoms. The number of hydrogen-bond donors (Lipinski definition) is 0. The number of rotatable bonds is 5. The summed E-state index contributed by atoms with van der Waals surface area (Å²) in [5, 5.41) is 0. The lowest BCUT2D eigenvalue weighted by molar-refractivity contribution is 1.84. The summed E-state index contributed by atoms with van der Waals surface area (Å²) in [7, 11) is 7.19. The Balaban J connectivity index is 2.62. The highest BCUT2D eigenvalue weighted by Gasteiger charge is 1.83. The summed E-state index contributed by atoms with van der Waals surface area (Å²) in [6.45, 7) is 3.61. The minimum Gasteiger partial charge on any atom is -0.102 e. The summed E-state index contributed by atoms with van der Waals surface area (Å²) in [5.41, 5.74) is 0. The predicted molar refractivity (Wildman–Crippen MR) is 51.4 cm³/mol. The van der Waals surface area contributed by atoms with E-state index in [-0.39, 0.29) is 0 Å². The van der Waals surface area contributed by atoms with Gasteiger partial charge in [-0.2, -0.15) is 0 Å². The molecule has 0 saturated carbocycles. The third kappa shape index (κ3) is 7.14. The molecule has 0 amide bonds. The molecule has 0 heterocycles. The minimum atomic E-state index is 1.04. The second kappa shape index (κ2) is 8.14. The molecule has 0 N–H and O–H groups in total. The Kier molecular flexibility index (Phi) is 9.30. The zero-order valence-electron chi connectivity index (χ0n) is 4.62. The largest absolute Gasteiger partial charge is 0.102 e. The van der Waals surface area contributed by atoms with Crippen LogP contribution in [0.25, 0.3) is 0 Å². The molecule has 8 heavy (non-hydrogen) atoms. The summed E-state index contributed by atoms with van der Waals surface area (Å²) >= 11 is 0. The summed E-state index contributed by atoms with van der Waals surface area (Å²) in [6.07, 6.45) is 3.99. The molecule has 0 saturated heterocycles. The topological polar surface area (TPSA) is 0 Å². The molecular weight excluding hydrogens is 176 g/mol. The second-order valence-corrected chi connectivity index (χ2v) is 7.02. The van der Waals surface area contributed by atoms with Crippen LogP contribution in [0.15, 0.2) is 12.7 Å². The smallest absolute Gasteiger partial charge is 0.0223 e. The van der Waals surface area contributed by atoms with E-state index >= 15 is 0 Å². The van der Waals surface area contributed by atoms with Crippen LogP contribution in [0.2, 0.25) is 0 Å². The highest BCUT2D eigenvalue weighted by molar-refractivity contribution is 9.26. The van der Waals surface area contributed by atoms with E-state index in [2.05, 4.69) is 12.8 Å². The van der Waals surface area contributed by atoms with Crippen molar-refractivity contribution in [2.24, 2.45) is 0 Å². The van der Waals surface area contributed by atoms with E-state index in [0.29, 0.717) is 0 Å². The highest BCUT2D eigenvalue weighted by atomic mass is 33.7. The Morgan fingerprint density at radius 1 is 1.50 bits per heavy atom. The minimum absolute atomic E-state index is 1.04. The SMILES string of the molecule is C=CCSSSSC. The first kappa shape index (κ1) is 9.14. The van der Waals surface area contributed by atoms with Gasteiger partial charge < -0.3 is 0 Å². The zero-order chi connectivity index (χ0) is 6.24. The van der Waals surface area contributed by atoms with Crippen molar-refractivity contribution in [2.45, 2.75) is 0 Å². The maximum absolute atomic E-state index is 3.61. The molecule has 0 aromatic heterocycles. The normalized spacial score (nSPS) is 9.12. The first-order valence-corrected chi connectivity index (χ1v) is 7.41. The van der Waals surface area contributed by atoms with E-state index < -0.39 is 0 Å². The third-order valence-corrected chi connectivity index (χ3v) is 6.35. The fourth-order valence-corrected chi connectivity index (χ4v) is 5.02.